The molecule has 2 fully saturated rings. The molecule has 1 spiro atoms. The lowest BCUT2D eigenvalue weighted by Crippen LogP contribution is -2.49. The number of hydrogen-bond acceptors (Lipinski definition) is 4. The van der Waals surface area contributed by atoms with Crippen LogP contribution in [0.4, 0.5) is 11.4 Å². The van der Waals surface area contributed by atoms with Gasteiger partial charge in [0.25, 0.3) is 0 Å². The highest BCUT2D eigenvalue weighted by Crippen LogP contribution is 2.65. The molecule has 2 aliphatic carbocycles. The molecule has 2 aliphatic heterocycles. The lowest BCUT2D eigenvalue weighted by molar-refractivity contribution is -0.135. The van der Waals surface area contributed by atoms with E-state index in [4.69, 9.17) is 26.6 Å². The Bertz CT molecular complexity index is 1090. The molecule has 0 amide bonds. The molecule has 2 saturated carbocycles. The molecule has 0 saturated heterocycles. The summed E-state index contributed by atoms with van der Waals surface area (Å²) in [6.45, 7) is 4.77. The SMILES string of the molecule is CC1(C)[C@@H]2CC[C@@H](C2)C12CC(C1=Nc3ccccc3NC(c3ccc(Cl)cc3)C1)=NO2. The van der Waals surface area contributed by atoms with Crippen LogP contribution in [0.3, 0.4) is 0 Å². The average molecular weight is 434 g/mol. The van der Waals surface area contributed by atoms with Gasteiger partial charge in [0, 0.05) is 29.2 Å². The third-order valence-corrected chi connectivity index (χ3v) is 8.70. The largest absolute Gasteiger partial charge is 0.388 e. The third kappa shape index (κ3) is 2.87. The molecule has 160 valence electrons. The van der Waals surface area contributed by atoms with Crippen LogP contribution in [0, 0.1) is 17.3 Å². The number of nitrogens with one attached hydrogen (secondary N) is 1. The zero-order valence-electron chi connectivity index (χ0n) is 18.1. The first-order valence-corrected chi connectivity index (χ1v) is 11.8. The minimum atomic E-state index is -0.164. The van der Waals surface area contributed by atoms with Gasteiger partial charge in [-0.15, -0.1) is 0 Å². The number of rotatable bonds is 2. The average Bonchev–Trinajstić information content (AvgIpc) is 3.43. The van der Waals surface area contributed by atoms with Crippen molar-refractivity contribution in [3.63, 3.8) is 0 Å². The predicted molar refractivity (Wildman–Crippen MR) is 126 cm³/mol. The highest BCUT2D eigenvalue weighted by molar-refractivity contribution is 6.43. The minimum Gasteiger partial charge on any atom is -0.388 e. The molecule has 4 atom stereocenters. The molecule has 2 aromatic carbocycles. The highest BCUT2D eigenvalue weighted by Gasteiger charge is 2.67. The first-order chi connectivity index (χ1) is 15.0. The summed E-state index contributed by atoms with van der Waals surface area (Å²) in [5.41, 5.74) is 5.26. The Morgan fingerprint density at radius 1 is 1.00 bits per heavy atom. The molecule has 2 unspecified atom stereocenters. The maximum absolute atomic E-state index is 6.37. The van der Waals surface area contributed by atoms with Gasteiger partial charge < -0.3 is 10.2 Å². The van der Waals surface area contributed by atoms with Crippen LogP contribution in [0.25, 0.3) is 0 Å². The molecule has 0 aromatic heterocycles. The van der Waals surface area contributed by atoms with E-state index in [-0.39, 0.29) is 17.1 Å². The fourth-order valence-electron chi connectivity index (χ4n) is 6.50. The number of para-hydroxylation sites is 2. The molecule has 4 aliphatic rings. The summed E-state index contributed by atoms with van der Waals surface area (Å²) in [7, 11) is 0. The van der Waals surface area contributed by atoms with Crippen LogP contribution in [-0.2, 0) is 4.84 Å². The van der Waals surface area contributed by atoms with Crippen LogP contribution in [0.2, 0.25) is 5.02 Å². The smallest absolute Gasteiger partial charge is 0.151 e. The number of nitrogens with zero attached hydrogens (tertiary/aromatic N) is 2. The van der Waals surface area contributed by atoms with E-state index in [1.165, 1.54) is 24.8 Å². The quantitative estimate of drug-likeness (QED) is 0.557. The zero-order chi connectivity index (χ0) is 21.2. The third-order valence-electron chi connectivity index (χ3n) is 8.44. The van der Waals surface area contributed by atoms with Crippen LogP contribution in [0.15, 0.2) is 58.7 Å². The summed E-state index contributed by atoms with van der Waals surface area (Å²) >= 11 is 6.14. The Kier molecular flexibility index (Phi) is 4.27. The lowest BCUT2D eigenvalue weighted by atomic mass is 9.63. The van der Waals surface area contributed by atoms with Gasteiger partial charge in [-0.1, -0.05) is 54.9 Å². The Balaban J connectivity index is 1.36. The standard InChI is InChI=1S/C26H28ClN3O/c1-25(2)17-9-10-18(13-17)26(25)15-24(30-31-26)23-14-22(16-7-11-19(27)12-8-16)28-20-5-3-4-6-21(20)29-23/h3-8,11-12,17-18,22,28H,9-10,13-15H2,1-2H3/t17-,18+,22?,26?/m1/s1. The van der Waals surface area contributed by atoms with Crippen LogP contribution < -0.4 is 5.32 Å². The fourth-order valence-corrected chi connectivity index (χ4v) is 6.62. The van der Waals surface area contributed by atoms with Gasteiger partial charge in [-0.25, -0.2) is 4.99 Å². The summed E-state index contributed by atoms with van der Waals surface area (Å²) in [5.74, 6) is 1.35. The molecule has 1 N–H and O–H groups in total. The van der Waals surface area contributed by atoms with Gasteiger partial charge in [-0.2, -0.15) is 0 Å². The Morgan fingerprint density at radius 3 is 2.55 bits per heavy atom. The number of aliphatic imine (C=N–C) groups is 1. The van der Waals surface area contributed by atoms with Crippen molar-refractivity contribution in [3.8, 4) is 0 Å². The maximum atomic E-state index is 6.37. The normalized spacial score (nSPS) is 32.7. The summed E-state index contributed by atoms with van der Waals surface area (Å²) < 4.78 is 0. The van der Waals surface area contributed by atoms with Gasteiger partial charge in [0.2, 0.25) is 0 Å². The van der Waals surface area contributed by atoms with Crippen LogP contribution in [0.1, 0.15) is 57.6 Å². The van der Waals surface area contributed by atoms with E-state index in [2.05, 4.69) is 43.4 Å². The molecule has 5 heteroatoms. The van der Waals surface area contributed by atoms with Crippen molar-refractivity contribution in [1.29, 1.82) is 0 Å². The van der Waals surface area contributed by atoms with Gasteiger partial charge in [0.05, 0.1) is 23.1 Å². The van der Waals surface area contributed by atoms with Gasteiger partial charge in [0.1, 0.15) is 5.71 Å². The second kappa shape index (κ2) is 6.83. The number of halogens is 1. The van der Waals surface area contributed by atoms with E-state index in [1.807, 2.05) is 24.3 Å². The Morgan fingerprint density at radius 2 is 1.77 bits per heavy atom. The molecule has 4 nitrogen and oxygen atoms in total. The lowest BCUT2D eigenvalue weighted by Gasteiger charge is -2.44. The molecule has 2 aromatic rings. The summed E-state index contributed by atoms with van der Waals surface area (Å²) in [6.07, 6.45) is 5.51. The van der Waals surface area contributed by atoms with Crippen molar-refractivity contribution in [2.45, 2.75) is 57.6 Å². The van der Waals surface area contributed by atoms with E-state index in [1.54, 1.807) is 0 Å². The van der Waals surface area contributed by atoms with E-state index in [9.17, 15) is 0 Å². The summed E-state index contributed by atoms with van der Waals surface area (Å²) in [4.78, 5) is 11.5. The van der Waals surface area contributed by atoms with Gasteiger partial charge in [-0.3, -0.25) is 0 Å². The molecular weight excluding hydrogens is 406 g/mol. The molecule has 31 heavy (non-hydrogen) atoms. The number of oxime groups is 1. The number of benzene rings is 2. The molecule has 6 rings (SSSR count). The molecular formula is C26H28ClN3O. The van der Waals surface area contributed by atoms with E-state index in [0.717, 1.165) is 46.6 Å². The van der Waals surface area contributed by atoms with E-state index < -0.39 is 0 Å². The molecule has 2 heterocycles. The second-order valence-electron chi connectivity index (χ2n) is 10.2. The van der Waals surface area contributed by atoms with Crippen molar-refractivity contribution in [1.82, 2.24) is 0 Å². The highest BCUT2D eigenvalue weighted by atomic mass is 35.5. The van der Waals surface area contributed by atoms with Crippen molar-refractivity contribution in [2.75, 3.05) is 5.32 Å². The van der Waals surface area contributed by atoms with E-state index >= 15 is 0 Å². The van der Waals surface area contributed by atoms with Crippen molar-refractivity contribution < 1.29 is 4.84 Å². The van der Waals surface area contributed by atoms with Crippen molar-refractivity contribution in [2.24, 2.45) is 27.4 Å². The van der Waals surface area contributed by atoms with Gasteiger partial charge >= 0.3 is 0 Å². The van der Waals surface area contributed by atoms with Gasteiger partial charge in [0.15, 0.2) is 5.60 Å². The number of anilines is 1. The van der Waals surface area contributed by atoms with E-state index in [0.29, 0.717) is 5.92 Å². The molecule has 0 radical (unpaired) electrons. The topological polar surface area (TPSA) is 46.0 Å². The Labute approximate surface area is 188 Å². The van der Waals surface area contributed by atoms with Crippen molar-refractivity contribution in [3.05, 3.63) is 59.1 Å². The second-order valence-corrected chi connectivity index (χ2v) is 10.6. The summed E-state index contributed by atoms with van der Waals surface area (Å²) in [6, 6.07) is 16.5. The van der Waals surface area contributed by atoms with Crippen LogP contribution in [0.5, 0.6) is 0 Å². The zero-order valence-corrected chi connectivity index (χ0v) is 18.8. The number of hydrogen-bond donors (Lipinski definition) is 1. The maximum Gasteiger partial charge on any atom is 0.151 e. The summed E-state index contributed by atoms with van der Waals surface area (Å²) in [5, 5.41) is 9.15. The first kappa shape index (κ1) is 19.4. The predicted octanol–water partition coefficient (Wildman–Crippen LogP) is 6.94. The van der Waals surface area contributed by atoms with Crippen LogP contribution in [-0.4, -0.2) is 17.0 Å². The minimum absolute atomic E-state index is 0.104. The monoisotopic (exact) mass is 433 g/mol. The van der Waals surface area contributed by atoms with Crippen molar-refractivity contribution >= 4 is 34.4 Å². The number of fused-ring (bicyclic) bond motifs is 4. The first-order valence-electron chi connectivity index (χ1n) is 11.4. The Hall–Kier alpha value is -2.33. The fraction of sp³-hybridized carbons (Fsp3) is 0.462. The van der Waals surface area contributed by atoms with Crippen LogP contribution >= 0.6 is 11.6 Å². The molecule has 2 bridgehead atoms. The van der Waals surface area contributed by atoms with Gasteiger partial charge in [-0.05, 0) is 55.0 Å².